The number of hydrogen-bond donors (Lipinski definition) is 1. The molecule has 1 N–H and O–H groups in total. The predicted octanol–water partition coefficient (Wildman–Crippen LogP) is 4.27. The molecule has 0 atom stereocenters. The molecule has 0 aliphatic rings. The van der Waals surface area contributed by atoms with Crippen molar-refractivity contribution in [2.45, 2.75) is 19.8 Å². The highest BCUT2D eigenvalue weighted by Gasteiger charge is 2.13. The summed E-state index contributed by atoms with van der Waals surface area (Å²) in [5.41, 5.74) is 1.80. The Bertz CT molecular complexity index is 788. The van der Waals surface area contributed by atoms with Crippen LogP contribution in [0.3, 0.4) is 0 Å². The molecule has 2 rings (SSSR count). The number of halogens is 1. The highest BCUT2D eigenvalue weighted by molar-refractivity contribution is 9.10. The molecule has 124 valence electrons. The van der Waals surface area contributed by atoms with Crippen molar-refractivity contribution in [2.75, 3.05) is 5.32 Å². The van der Waals surface area contributed by atoms with Crippen LogP contribution >= 0.6 is 15.9 Å². The smallest absolute Gasteiger partial charge is 0.271 e. The Morgan fingerprint density at radius 3 is 2.42 bits per heavy atom. The van der Waals surface area contributed by atoms with E-state index in [0.29, 0.717) is 15.7 Å². The van der Waals surface area contributed by atoms with Crippen LogP contribution in [0.5, 0.6) is 0 Å². The Balaban J connectivity index is 1.96. The van der Waals surface area contributed by atoms with Gasteiger partial charge in [-0.1, -0.05) is 29.8 Å². The molecular formula is C17H15BrN2O4. The summed E-state index contributed by atoms with van der Waals surface area (Å²) in [5.74, 6) is -0.500. The van der Waals surface area contributed by atoms with Gasteiger partial charge in [-0.3, -0.25) is 19.7 Å². The maximum atomic E-state index is 12.0. The number of carbonyl (C=O) groups is 2. The molecule has 0 aliphatic carbocycles. The second-order valence-electron chi connectivity index (χ2n) is 5.26. The van der Waals surface area contributed by atoms with Gasteiger partial charge in [0.1, 0.15) is 0 Å². The van der Waals surface area contributed by atoms with Crippen molar-refractivity contribution in [1.82, 2.24) is 0 Å². The Morgan fingerprint density at radius 1 is 1.12 bits per heavy atom. The quantitative estimate of drug-likeness (QED) is 0.453. The Hall–Kier alpha value is -2.54. The zero-order valence-electron chi connectivity index (χ0n) is 12.9. The largest absolute Gasteiger partial charge is 0.325 e. The second-order valence-corrected chi connectivity index (χ2v) is 6.11. The van der Waals surface area contributed by atoms with Crippen molar-refractivity contribution >= 4 is 39.0 Å². The van der Waals surface area contributed by atoms with E-state index in [1.807, 2.05) is 19.1 Å². The first-order valence-electron chi connectivity index (χ1n) is 7.20. The molecular weight excluding hydrogens is 376 g/mol. The normalized spacial score (nSPS) is 10.2. The van der Waals surface area contributed by atoms with Gasteiger partial charge in [-0.2, -0.15) is 0 Å². The van der Waals surface area contributed by atoms with E-state index in [0.717, 1.165) is 5.56 Å². The van der Waals surface area contributed by atoms with Gasteiger partial charge in [0, 0.05) is 35.0 Å². The second kappa shape index (κ2) is 7.83. The molecule has 1 amide bonds. The van der Waals surface area contributed by atoms with Gasteiger partial charge in [0.25, 0.3) is 5.69 Å². The van der Waals surface area contributed by atoms with Crippen molar-refractivity contribution in [3.8, 4) is 0 Å². The third kappa shape index (κ3) is 4.73. The highest BCUT2D eigenvalue weighted by atomic mass is 79.9. The summed E-state index contributed by atoms with van der Waals surface area (Å²) in [5, 5.41) is 13.4. The van der Waals surface area contributed by atoms with E-state index in [4.69, 9.17) is 0 Å². The summed E-state index contributed by atoms with van der Waals surface area (Å²) in [6, 6.07) is 11.2. The number of aryl methyl sites for hydroxylation is 1. The molecule has 2 aromatic carbocycles. The molecule has 0 spiro atoms. The number of nitro benzene ring substituents is 1. The number of nitro groups is 1. The Morgan fingerprint density at radius 2 is 1.79 bits per heavy atom. The van der Waals surface area contributed by atoms with E-state index in [2.05, 4.69) is 21.2 Å². The minimum atomic E-state index is -0.539. The number of benzene rings is 2. The van der Waals surface area contributed by atoms with Crippen LogP contribution in [0.4, 0.5) is 11.4 Å². The number of nitrogens with one attached hydrogen (secondary N) is 1. The van der Waals surface area contributed by atoms with Crippen LogP contribution in [0, 0.1) is 17.0 Å². The molecule has 0 unspecified atom stereocenters. The van der Waals surface area contributed by atoms with Gasteiger partial charge in [-0.05, 0) is 28.9 Å². The third-order valence-corrected chi connectivity index (χ3v) is 4.08. The molecule has 0 fully saturated rings. The average molecular weight is 391 g/mol. The summed E-state index contributed by atoms with van der Waals surface area (Å²) in [6.07, 6.45) is 0.0727. The van der Waals surface area contributed by atoms with Crippen LogP contribution < -0.4 is 5.32 Å². The van der Waals surface area contributed by atoms with E-state index in [1.54, 1.807) is 12.1 Å². The molecule has 0 aromatic heterocycles. The summed E-state index contributed by atoms with van der Waals surface area (Å²) >= 11 is 3.23. The van der Waals surface area contributed by atoms with Gasteiger partial charge in [-0.15, -0.1) is 0 Å². The van der Waals surface area contributed by atoms with Crippen LogP contribution in [-0.2, 0) is 4.79 Å². The first kappa shape index (κ1) is 17.8. The lowest BCUT2D eigenvalue weighted by Crippen LogP contribution is -2.14. The highest BCUT2D eigenvalue weighted by Crippen LogP contribution is 2.27. The number of Topliss-reactive ketones (excluding diaryl/α,β-unsaturated/α-hetero) is 1. The van der Waals surface area contributed by atoms with E-state index < -0.39 is 4.92 Å². The summed E-state index contributed by atoms with van der Waals surface area (Å²) < 4.78 is 0.534. The maximum Gasteiger partial charge on any atom is 0.271 e. The van der Waals surface area contributed by atoms with Gasteiger partial charge in [0.15, 0.2) is 5.78 Å². The van der Waals surface area contributed by atoms with Crippen LogP contribution in [0.25, 0.3) is 0 Å². The van der Waals surface area contributed by atoms with Crippen molar-refractivity contribution in [2.24, 2.45) is 0 Å². The maximum absolute atomic E-state index is 12.0. The summed E-state index contributed by atoms with van der Waals surface area (Å²) in [7, 11) is 0. The molecule has 0 radical (unpaired) electrons. The lowest BCUT2D eigenvalue weighted by Gasteiger charge is -2.07. The number of amides is 1. The van der Waals surface area contributed by atoms with Gasteiger partial charge >= 0.3 is 0 Å². The minimum Gasteiger partial charge on any atom is -0.325 e. The average Bonchev–Trinajstić information content (AvgIpc) is 2.55. The zero-order valence-corrected chi connectivity index (χ0v) is 14.5. The van der Waals surface area contributed by atoms with E-state index in [1.165, 1.54) is 18.2 Å². The first-order valence-corrected chi connectivity index (χ1v) is 8.00. The predicted molar refractivity (Wildman–Crippen MR) is 94.2 cm³/mol. The lowest BCUT2D eigenvalue weighted by molar-refractivity contribution is -0.384. The molecule has 24 heavy (non-hydrogen) atoms. The lowest BCUT2D eigenvalue weighted by atomic mass is 10.0. The topological polar surface area (TPSA) is 89.3 Å². The SMILES string of the molecule is Cc1ccc(C(=O)CCC(=O)Nc2cc([N+](=O)[O-])ccc2Br)cc1. The Labute approximate surface area is 147 Å². The fraction of sp³-hybridized carbons (Fsp3) is 0.176. The number of anilines is 1. The number of nitrogens with zero attached hydrogens (tertiary/aromatic N) is 1. The number of non-ortho nitro benzene ring substituents is 1. The van der Waals surface area contributed by atoms with Crippen molar-refractivity contribution < 1.29 is 14.5 Å². The molecule has 0 bridgehead atoms. The molecule has 2 aromatic rings. The van der Waals surface area contributed by atoms with Gasteiger partial charge in [0.2, 0.25) is 5.91 Å². The number of ketones is 1. The summed E-state index contributed by atoms with van der Waals surface area (Å²) in [6.45, 7) is 1.93. The number of carbonyl (C=O) groups excluding carboxylic acids is 2. The monoisotopic (exact) mass is 390 g/mol. The van der Waals surface area contributed by atoms with E-state index >= 15 is 0 Å². The van der Waals surface area contributed by atoms with E-state index in [9.17, 15) is 19.7 Å². The van der Waals surface area contributed by atoms with E-state index in [-0.39, 0.29) is 30.2 Å². The van der Waals surface area contributed by atoms with Crippen LogP contribution in [0.1, 0.15) is 28.8 Å². The standard InChI is InChI=1S/C17H15BrN2O4/c1-11-2-4-12(5-3-11)16(21)8-9-17(22)19-15-10-13(20(23)24)6-7-14(15)18/h2-7,10H,8-9H2,1H3,(H,19,22). The van der Waals surface area contributed by atoms with Gasteiger partial charge in [0.05, 0.1) is 10.6 Å². The minimum absolute atomic E-state index is 0.00183. The molecule has 0 saturated heterocycles. The van der Waals surface area contributed by atoms with Crippen LogP contribution in [0.2, 0.25) is 0 Å². The van der Waals surface area contributed by atoms with Gasteiger partial charge in [-0.25, -0.2) is 0 Å². The Kier molecular flexibility index (Phi) is 5.81. The molecule has 6 nitrogen and oxygen atoms in total. The number of rotatable bonds is 6. The molecule has 7 heteroatoms. The molecule has 0 heterocycles. The summed E-state index contributed by atoms with van der Waals surface area (Å²) in [4.78, 5) is 34.3. The zero-order chi connectivity index (χ0) is 17.7. The van der Waals surface area contributed by atoms with Crippen LogP contribution in [-0.4, -0.2) is 16.6 Å². The number of hydrogen-bond acceptors (Lipinski definition) is 4. The third-order valence-electron chi connectivity index (χ3n) is 3.39. The molecule has 0 aliphatic heterocycles. The molecule has 0 saturated carbocycles. The van der Waals surface area contributed by atoms with Crippen LogP contribution in [0.15, 0.2) is 46.9 Å². The van der Waals surface area contributed by atoms with Crippen molar-refractivity contribution in [3.63, 3.8) is 0 Å². The fourth-order valence-electron chi connectivity index (χ4n) is 2.05. The van der Waals surface area contributed by atoms with Crippen molar-refractivity contribution in [1.29, 1.82) is 0 Å². The fourth-order valence-corrected chi connectivity index (χ4v) is 2.39. The van der Waals surface area contributed by atoms with Gasteiger partial charge < -0.3 is 5.32 Å². The van der Waals surface area contributed by atoms with Crippen molar-refractivity contribution in [3.05, 3.63) is 68.2 Å². The first-order chi connectivity index (χ1) is 11.4.